The van der Waals surface area contributed by atoms with Gasteiger partial charge in [-0.2, -0.15) is 0 Å². The predicted molar refractivity (Wildman–Crippen MR) is 113 cm³/mol. The van der Waals surface area contributed by atoms with Crippen LogP contribution in [0.15, 0.2) is 27.8 Å². The van der Waals surface area contributed by atoms with E-state index in [1.165, 1.54) is 9.36 Å². The number of aromatic amines is 1. The van der Waals surface area contributed by atoms with Crippen LogP contribution in [-0.2, 0) is 20.6 Å². The van der Waals surface area contributed by atoms with Crippen molar-refractivity contribution >= 4 is 28.0 Å². The number of hydrogen-bond donors (Lipinski definition) is 2. The predicted octanol–water partition coefficient (Wildman–Crippen LogP) is -0.319. The van der Waals surface area contributed by atoms with E-state index in [0.717, 1.165) is 36.0 Å². The molecule has 3 N–H and O–H groups in total. The van der Waals surface area contributed by atoms with E-state index < -0.39 is 0 Å². The van der Waals surface area contributed by atoms with Gasteiger partial charge in [0.05, 0.1) is 12.1 Å². The molecule has 0 amide bonds. The Morgan fingerprint density at radius 3 is 2.87 bits per heavy atom. The minimum absolute atomic E-state index is 0.0578. The number of hydrogen-bond acceptors (Lipinski definition) is 7. The summed E-state index contributed by atoms with van der Waals surface area (Å²) < 4.78 is 4.41. The average Bonchev–Trinajstić information content (AvgIpc) is 3.34. The molecule has 1 aliphatic heterocycles. The molecule has 30 heavy (non-hydrogen) atoms. The molecule has 0 aliphatic carbocycles. The third-order valence-corrected chi connectivity index (χ3v) is 5.76. The Kier molecular flexibility index (Phi) is 4.21. The zero-order valence-electron chi connectivity index (χ0n) is 16.9. The molecule has 1 saturated heterocycles. The smallest absolute Gasteiger partial charge is 0.293 e. The molecule has 1 unspecified atom stereocenters. The second kappa shape index (κ2) is 6.80. The number of imidazole rings is 1. The van der Waals surface area contributed by atoms with Crippen molar-refractivity contribution in [3.63, 3.8) is 0 Å². The van der Waals surface area contributed by atoms with Gasteiger partial charge >= 0.3 is 0 Å². The first-order chi connectivity index (χ1) is 14.4. The summed E-state index contributed by atoms with van der Waals surface area (Å²) in [5.74, 6) is 0.521. The Labute approximate surface area is 170 Å². The van der Waals surface area contributed by atoms with Crippen molar-refractivity contribution in [1.29, 1.82) is 0 Å². The molecule has 0 bridgehead atoms. The van der Waals surface area contributed by atoms with Crippen LogP contribution in [0.3, 0.4) is 0 Å². The first kappa shape index (κ1) is 18.6. The molecule has 5 rings (SSSR count). The van der Waals surface area contributed by atoms with Crippen molar-refractivity contribution in [1.82, 2.24) is 34.3 Å². The summed E-state index contributed by atoms with van der Waals surface area (Å²) in [5.41, 5.74) is 8.28. The Hall–Kier alpha value is -3.47. The summed E-state index contributed by atoms with van der Waals surface area (Å²) >= 11 is 0. The molecule has 3 aromatic heterocycles. The van der Waals surface area contributed by atoms with Gasteiger partial charge < -0.3 is 15.6 Å². The summed E-state index contributed by atoms with van der Waals surface area (Å²) in [6.45, 7) is 1.66. The van der Waals surface area contributed by atoms with Crippen LogP contribution in [0.5, 0.6) is 0 Å². The number of aryl methyl sites for hydroxylation is 1. The largest absolute Gasteiger partial charge is 0.341 e. The van der Waals surface area contributed by atoms with Crippen molar-refractivity contribution in [3.8, 4) is 0 Å². The third kappa shape index (κ3) is 2.89. The van der Waals surface area contributed by atoms with Crippen molar-refractivity contribution in [2.45, 2.75) is 25.4 Å². The summed E-state index contributed by atoms with van der Waals surface area (Å²) in [7, 11) is 3.41. The molecular formula is C19H23N9O2. The minimum Gasteiger partial charge on any atom is -0.341 e. The number of benzene rings is 1. The van der Waals surface area contributed by atoms with Crippen LogP contribution in [0, 0.1) is 0 Å². The summed E-state index contributed by atoms with van der Waals surface area (Å²) in [5, 5.41) is 8.12. The highest BCUT2D eigenvalue weighted by atomic mass is 16.2. The van der Waals surface area contributed by atoms with E-state index in [-0.39, 0.29) is 34.7 Å². The maximum atomic E-state index is 13.2. The number of anilines is 1. The lowest BCUT2D eigenvalue weighted by Crippen LogP contribution is -2.43. The number of nitrogens with one attached hydrogen (secondary N) is 1. The fraction of sp³-hybridized carbons (Fsp3) is 0.421. The van der Waals surface area contributed by atoms with Gasteiger partial charge in [0.15, 0.2) is 5.52 Å². The minimum atomic E-state index is -0.324. The van der Waals surface area contributed by atoms with Gasteiger partial charge in [0.25, 0.3) is 11.1 Å². The lowest BCUT2D eigenvalue weighted by Gasteiger charge is -2.30. The lowest BCUT2D eigenvalue weighted by molar-refractivity contribution is 0.501. The van der Waals surface area contributed by atoms with Crippen molar-refractivity contribution in [2.75, 3.05) is 18.0 Å². The normalized spacial score (nSPS) is 17.3. The number of nitrogens with two attached hydrogens (primary N) is 1. The van der Waals surface area contributed by atoms with Crippen LogP contribution in [0.2, 0.25) is 0 Å². The van der Waals surface area contributed by atoms with E-state index >= 15 is 0 Å². The SMILES string of the molecule is Cn1nnc2cc(Cn3c(=O)c4nc(N5CCCC(N)C5)[nH]c4c(=O)n3C)ccc21. The van der Waals surface area contributed by atoms with Gasteiger partial charge in [-0.1, -0.05) is 11.3 Å². The Bertz CT molecular complexity index is 1380. The number of piperidine rings is 1. The highest BCUT2D eigenvalue weighted by Gasteiger charge is 2.22. The number of rotatable bonds is 3. The summed E-state index contributed by atoms with van der Waals surface area (Å²) in [4.78, 5) is 35.6. The molecule has 1 aliphatic rings. The molecule has 11 heteroatoms. The van der Waals surface area contributed by atoms with Gasteiger partial charge in [0, 0.05) is 33.2 Å². The second-order valence-electron chi connectivity index (χ2n) is 7.86. The zero-order valence-corrected chi connectivity index (χ0v) is 16.9. The lowest BCUT2D eigenvalue weighted by atomic mass is 10.1. The van der Waals surface area contributed by atoms with E-state index in [1.807, 2.05) is 30.1 Å². The highest BCUT2D eigenvalue weighted by Crippen LogP contribution is 2.18. The van der Waals surface area contributed by atoms with Crippen LogP contribution in [0.25, 0.3) is 22.1 Å². The molecule has 156 valence electrons. The van der Waals surface area contributed by atoms with E-state index in [0.29, 0.717) is 12.5 Å². The van der Waals surface area contributed by atoms with Gasteiger partial charge in [-0.25, -0.2) is 19.0 Å². The monoisotopic (exact) mass is 409 g/mol. The van der Waals surface area contributed by atoms with Crippen molar-refractivity contribution in [2.24, 2.45) is 19.8 Å². The summed E-state index contributed by atoms with van der Waals surface area (Å²) in [6, 6.07) is 5.73. The molecule has 1 fully saturated rings. The average molecular weight is 409 g/mol. The van der Waals surface area contributed by atoms with Crippen molar-refractivity contribution in [3.05, 3.63) is 44.5 Å². The van der Waals surface area contributed by atoms with Crippen LogP contribution in [-0.4, -0.2) is 53.5 Å². The first-order valence-corrected chi connectivity index (χ1v) is 9.91. The third-order valence-electron chi connectivity index (χ3n) is 5.76. The number of fused-ring (bicyclic) bond motifs is 2. The maximum absolute atomic E-state index is 13.2. The highest BCUT2D eigenvalue weighted by molar-refractivity contribution is 5.76. The molecule has 4 aromatic rings. The topological polar surface area (TPSA) is 133 Å². The van der Waals surface area contributed by atoms with E-state index in [2.05, 4.69) is 20.3 Å². The van der Waals surface area contributed by atoms with Crippen molar-refractivity contribution < 1.29 is 0 Å². The molecule has 1 atom stereocenters. The second-order valence-corrected chi connectivity index (χ2v) is 7.86. The van der Waals surface area contributed by atoms with Crippen LogP contribution >= 0.6 is 0 Å². The van der Waals surface area contributed by atoms with E-state index in [1.54, 1.807) is 11.7 Å². The van der Waals surface area contributed by atoms with E-state index in [4.69, 9.17) is 5.73 Å². The fourth-order valence-electron chi connectivity index (χ4n) is 4.09. The van der Waals surface area contributed by atoms with Gasteiger partial charge in [-0.15, -0.1) is 5.10 Å². The molecule has 1 aromatic carbocycles. The molecule has 0 spiro atoms. The Balaban J connectivity index is 1.58. The maximum Gasteiger partial charge on any atom is 0.293 e. The van der Waals surface area contributed by atoms with E-state index in [9.17, 15) is 9.59 Å². The Morgan fingerprint density at radius 2 is 2.07 bits per heavy atom. The summed E-state index contributed by atoms with van der Waals surface area (Å²) in [6.07, 6.45) is 1.91. The Morgan fingerprint density at radius 1 is 1.23 bits per heavy atom. The van der Waals surface area contributed by atoms with Gasteiger partial charge in [-0.05, 0) is 30.5 Å². The van der Waals surface area contributed by atoms with Gasteiger partial charge in [0.2, 0.25) is 5.95 Å². The van der Waals surface area contributed by atoms with Gasteiger partial charge in [-0.3, -0.25) is 9.59 Å². The molecule has 0 radical (unpaired) electrons. The number of aromatic nitrogens is 7. The zero-order chi connectivity index (χ0) is 21.0. The standard InChI is InChI=1S/C19H23N9O2/c1-25-14-6-5-11(8-13(14)23-24-25)9-28-18(30)16-15(17(29)26(28)2)21-19(22-16)27-7-3-4-12(20)10-27/h5-6,8,12H,3-4,7,9-10,20H2,1-2H3,(H,21,22). The van der Waals surface area contributed by atoms with Crippen LogP contribution in [0.1, 0.15) is 18.4 Å². The molecule has 4 heterocycles. The molecular weight excluding hydrogens is 386 g/mol. The number of nitrogens with zero attached hydrogens (tertiary/aromatic N) is 7. The first-order valence-electron chi connectivity index (χ1n) is 9.91. The van der Waals surface area contributed by atoms with Gasteiger partial charge in [0.1, 0.15) is 11.0 Å². The number of H-pyrrole nitrogens is 1. The fourth-order valence-corrected chi connectivity index (χ4v) is 4.09. The van der Waals surface area contributed by atoms with Crippen LogP contribution in [0.4, 0.5) is 5.95 Å². The van der Waals surface area contributed by atoms with Crippen LogP contribution < -0.4 is 21.8 Å². The molecule has 0 saturated carbocycles. The molecule has 11 nitrogen and oxygen atoms in total. The quantitative estimate of drug-likeness (QED) is 0.474.